The van der Waals surface area contributed by atoms with Crippen LogP contribution in [0.3, 0.4) is 0 Å². The second-order valence-electron chi connectivity index (χ2n) is 3.86. The predicted octanol–water partition coefficient (Wildman–Crippen LogP) is -0.929. The summed E-state index contributed by atoms with van der Waals surface area (Å²) < 4.78 is 4.62. The number of ether oxygens (including phenoxy) is 1. The van der Waals surface area contributed by atoms with Gasteiger partial charge >= 0.3 is 5.97 Å². The molecule has 0 aromatic rings. The van der Waals surface area contributed by atoms with Crippen LogP contribution in [-0.2, 0) is 19.1 Å². The molecule has 0 radical (unpaired) electrons. The van der Waals surface area contributed by atoms with E-state index in [9.17, 15) is 14.4 Å². The van der Waals surface area contributed by atoms with E-state index in [1.807, 2.05) is 13.8 Å². The van der Waals surface area contributed by atoms with Crippen LogP contribution >= 0.6 is 0 Å². The number of carbonyl (C=O) groups is 3. The Hall–Kier alpha value is -1.63. The van der Waals surface area contributed by atoms with Gasteiger partial charge in [0.2, 0.25) is 11.8 Å². The number of nitrogens with one attached hydrogen (secondary N) is 1. The molecule has 0 saturated heterocycles. The summed E-state index contributed by atoms with van der Waals surface area (Å²) in [5.74, 6) is -1.85. The zero-order valence-corrected chi connectivity index (χ0v) is 10.2. The summed E-state index contributed by atoms with van der Waals surface area (Å²) in [6, 6.07) is 0.00858. The highest BCUT2D eigenvalue weighted by Gasteiger charge is 2.13. The van der Waals surface area contributed by atoms with E-state index in [1.165, 1.54) is 11.9 Å². The third kappa shape index (κ3) is 8.21. The van der Waals surface area contributed by atoms with Crippen LogP contribution < -0.4 is 5.32 Å². The lowest BCUT2D eigenvalue weighted by molar-refractivity contribution is -0.146. The monoisotopic (exact) mass is 246 g/mol. The first-order valence-electron chi connectivity index (χ1n) is 5.15. The third-order valence-corrected chi connectivity index (χ3v) is 1.71. The summed E-state index contributed by atoms with van der Waals surface area (Å²) in [5, 5.41) is 10.9. The molecule has 0 bridgehead atoms. The van der Waals surface area contributed by atoms with Gasteiger partial charge < -0.3 is 20.1 Å². The van der Waals surface area contributed by atoms with Crippen LogP contribution in [-0.4, -0.2) is 60.6 Å². The van der Waals surface area contributed by atoms with Crippen LogP contribution in [0.2, 0.25) is 0 Å². The van der Waals surface area contributed by atoms with Gasteiger partial charge in [0.1, 0.15) is 13.2 Å². The maximum atomic E-state index is 11.4. The van der Waals surface area contributed by atoms with E-state index in [0.717, 1.165) is 0 Å². The van der Waals surface area contributed by atoms with E-state index in [4.69, 9.17) is 5.11 Å². The number of rotatable bonds is 7. The zero-order valence-electron chi connectivity index (χ0n) is 10.2. The second kappa shape index (κ2) is 7.61. The lowest BCUT2D eigenvalue weighted by Crippen LogP contribution is -2.42. The van der Waals surface area contributed by atoms with Crippen LogP contribution in [0, 0.1) is 0 Å². The highest BCUT2D eigenvalue weighted by molar-refractivity contribution is 5.85. The van der Waals surface area contributed by atoms with Crippen molar-refractivity contribution in [1.82, 2.24) is 10.2 Å². The van der Waals surface area contributed by atoms with E-state index in [1.54, 1.807) is 0 Å². The molecule has 0 aromatic heterocycles. The zero-order chi connectivity index (χ0) is 13.4. The Labute approximate surface area is 99.7 Å². The van der Waals surface area contributed by atoms with Crippen LogP contribution in [0.5, 0.6) is 0 Å². The van der Waals surface area contributed by atoms with Gasteiger partial charge in [0.15, 0.2) is 0 Å². The highest BCUT2D eigenvalue weighted by atomic mass is 16.5. The first kappa shape index (κ1) is 15.4. The molecule has 0 aliphatic rings. The summed E-state index contributed by atoms with van der Waals surface area (Å²) in [7, 11) is 1.45. The van der Waals surface area contributed by atoms with Gasteiger partial charge in [0.05, 0.1) is 6.54 Å². The Morgan fingerprint density at radius 2 is 1.88 bits per heavy atom. The average Bonchev–Trinajstić information content (AvgIpc) is 2.15. The Bertz CT molecular complexity index is 290. The van der Waals surface area contributed by atoms with E-state index in [2.05, 4.69) is 10.1 Å². The number of amides is 2. The van der Waals surface area contributed by atoms with E-state index in [0.29, 0.717) is 0 Å². The highest BCUT2D eigenvalue weighted by Crippen LogP contribution is 1.88. The molecule has 98 valence electrons. The fraction of sp³-hybridized carbons (Fsp3) is 0.700. The van der Waals surface area contributed by atoms with Crippen molar-refractivity contribution < 1.29 is 24.2 Å². The van der Waals surface area contributed by atoms with Gasteiger partial charge in [-0.25, -0.2) is 4.79 Å². The number of aliphatic carboxylic acids is 1. The predicted molar refractivity (Wildman–Crippen MR) is 59.4 cm³/mol. The number of hydrogen-bond acceptors (Lipinski definition) is 4. The molecular formula is C10H18N2O5. The molecule has 0 atom stereocenters. The number of carboxylic acids is 1. The van der Waals surface area contributed by atoms with Crippen molar-refractivity contribution in [2.75, 3.05) is 26.8 Å². The maximum Gasteiger partial charge on any atom is 0.329 e. The number of carboxylic acid groups (broad SMARTS) is 1. The minimum atomic E-state index is -1.14. The molecular weight excluding hydrogens is 228 g/mol. The SMILES string of the molecule is CC(C)NC(=O)CN(C)C(=O)COCC(=O)O. The van der Waals surface area contributed by atoms with Gasteiger partial charge in [-0.2, -0.15) is 0 Å². The van der Waals surface area contributed by atoms with Crippen molar-refractivity contribution in [3.8, 4) is 0 Å². The molecule has 7 heteroatoms. The van der Waals surface area contributed by atoms with Crippen molar-refractivity contribution in [2.45, 2.75) is 19.9 Å². The fourth-order valence-corrected chi connectivity index (χ4v) is 1.01. The fourth-order valence-electron chi connectivity index (χ4n) is 1.01. The summed E-state index contributed by atoms with van der Waals surface area (Å²) in [5.41, 5.74) is 0. The number of nitrogens with zero attached hydrogens (tertiary/aromatic N) is 1. The Kier molecular flexibility index (Phi) is 6.88. The van der Waals surface area contributed by atoms with Crippen molar-refractivity contribution in [3.05, 3.63) is 0 Å². The molecule has 7 nitrogen and oxygen atoms in total. The first-order chi connectivity index (χ1) is 7.82. The molecule has 0 aliphatic carbocycles. The molecule has 17 heavy (non-hydrogen) atoms. The Morgan fingerprint density at radius 1 is 1.29 bits per heavy atom. The lowest BCUT2D eigenvalue weighted by Gasteiger charge is -2.17. The number of carbonyl (C=O) groups excluding carboxylic acids is 2. The molecule has 0 fully saturated rings. The van der Waals surface area contributed by atoms with E-state index in [-0.39, 0.29) is 25.1 Å². The lowest BCUT2D eigenvalue weighted by atomic mass is 10.4. The molecule has 0 saturated carbocycles. The van der Waals surface area contributed by atoms with Crippen molar-refractivity contribution in [1.29, 1.82) is 0 Å². The second-order valence-corrected chi connectivity index (χ2v) is 3.86. The largest absolute Gasteiger partial charge is 0.480 e. The molecule has 0 spiro atoms. The molecule has 0 unspecified atom stereocenters. The average molecular weight is 246 g/mol. The van der Waals surface area contributed by atoms with Gasteiger partial charge in [-0.05, 0) is 13.8 Å². The summed E-state index contributed by atoms with van der Waals surface area (Å²) in [4.78, 5) is 34.0. The molecule has 2 N–H and O–H groups in total. The quantitative estimate of drug-likeness (QED) is 0.605. The van der Waals surface area contributed by atoms with E-state index >= 15 is 0 Å². The normalized spacial score (nSPS) is 10.1. The molecule has 0 heterocycles. The van der Waals surface area contributed by atoms with Crippen LogP contribution in [0.1, 0.15) is 13.8 Å². The number of hydrogen-bond donors (Lipinski definition) is 2. The van der Waals surface area contributed by atoms with Crippen molar-refractivity contribution in [3.63, 3.8) is 0 Å². The minimum Gasteiger partial charge on any atom is -0.480 e. The van der Waals surface area contributed by atoms with Crippen LogP contribution in [0.15, 0.2) is 0 Å². The molecule has 2 amide bonds. The van der Waals surface area contributed by atoms with Crippen LogP contribution in [0.25, 0.3) is 0 Å². The first-order valence-corrected chi connectivity index (χ1v) is 5.15. The topological polar surface area (TPSA) is 95.9 Å². The van der Waals surface area contributed by atoms with Gasteiger partial charge in [0, 0.05) is 13.1 Å². The van der Waals surface area contributed by atoms with E-state index < -0.39 is 18.5 Å². The number of likely N-dealkylation sites (N-methyl/N-ethyl adjacent to an activating group) is 1. The standard InChI is InChI=1S/C10H18N2O5/c1-7(2)11-8(13)4-12(3)9(14)5-17-6-10(15)16/h7H,4-6H2,1-3H3,(H,11,13)(H,15,16). The third-order valence-electron chi connectivity index (χ3n) is 1.71. The molecule has 0 aliphatic heterocycles. The van der Waals surface area contributed by atoms with Gasteiger partial charge in [-0.1, -0.05) is 0 Å². The van der Waals surface area contributed by atoms with Crippen LogP contribution in [0.4, 0.5) is 0 Å². The van der Waals surface area contributed by atoms with Gasteiger partial charge in [0.25, 0.3) is 0 Å². The van der Waals surface area contributed by atoms with Gasteiger partial charge in [-0.3, -0.25) is 9.59 Å². The van der Waals surface area contributed by atoms with Crippen molar-refractivity contribution in [2.24, 2.45) is 0 Å². The Balaban J connectivity index is 3.88. The van der Waals surface area contributed by atoms with Crippen molar-refractivity contribution >= 4 is 17.8 Å². The smallest absolute Gasteiger partial charge is 0.329 e. The Morgan fingerprint density at radius 3 is 2.35 bits per heavy atom. The summed E-state index contributed by atoms with van der Waals surface area (Å²) >= 11 is 0. The maximum absolute atomic E-state index is 11.4. The summed E-state index contributed by atoms with van der Waals surface area (Å²) in [6.45, 7) is 2.67. The summed E-state index contributed by atoms with van der Waals surface area (Å²) in [6.07, 6.45) is 0. The van der Waals surface area contributed by atoms with Gasteiger partial charge in [-0.15, -0.1) is 0 Å². The molecule has 0 aromatic carbocycles. The molecule has 0 rings (SSSR count). The minimum absolute atomic E-state index is 0.00858.